The van der Waals surface area contributed by atoms with Gasteiger partial charge in [0.15, 0.2) is 5.82 Å². The monoisotopic (exact) mass is 426 g/mol. The van der Waals surface area contributed by atoms with Crippen LogP contribution in [0.4, 0.5) is 5.82 Å². The molecule has 0 aliphatic rings. The van der Waals surface area contributed by atoms with E-state index in [1.165, 1.54) is 11.3 Å². The highest BCUT2D eigenvalue weighted by Crippen LogP contribution is 2.31. The molecular formula is C21H23ClN6S. The lowest BCUT2D eigenvalue weighted by atomic mass is 10.1. The van der Waals surface area contributed by atoms with E-state index >= 15 is 0 Å². The summed E-state index contributed by atoms with van der Waals surface area (Å²) in [6.45, 7) is 10.7. The second kappa shape index (κ2) is 9.62. The third kappa shape index (κ3) is 5.40. The molecule has 0 radical (unpaired) electrons. The van der Waals surface area contributed by atoms with E-state index in [-0.39, 0.29) is 0 Å². The van der Waals surface area contributed by atoms with Crippen LogP contribution in [0.1, 0.15) is 25.1 Å². The fourth-order valence-corrected chi connectivity index (χ4v) is 3.77. The van der Waals surface area contributed by atoms with Crippen LogP contribution in [-0.4, -0.2) is 25.0 Å². The van der Waals surface area contributed by atoms with Crippen molar-refractivity contribution in [2.24, 2.45) is 0 Å². The number of nitrogens with one attached hydrogen (secondary N) is 1. The molecule has 0 fully saturated rings. The molecular weight excluding hydrogens is 404 g/mol. The molecule has 3 heterocycles. The van der Waals surface area contributed by atoms with Crippen LogP contribution < -0.4 is 5.32 Å². The number of nitrogens with zero attached hydrogens (tertiary/aromatic N) is 5. The third-order valence-corrected chi connectivity index (χ3v) is 5.48. The van der Waals surface area contributed by atoms with E-state index in [1.54, 1.807) is 23.3 Å². The lowest BCUT2D eigenvalue weighted by Gasteiger charge is -2.14. The highest BCUT2D eigenvalue weighted by molar-refractivity contribution is 7.19. The van der Waals surface area contributed by atoms with Gasteiger partial charge in [-0.15, -0.1) is 11.3 Å². The summed E-state index contributed by atoms with van der Waals surface area (Å²) in [4.78, 5) is 12.0. The van der Waals surface area contributed by atoms with Gasteiger partial charge in [-0.2, -0.15) is 15.0 Å². The Bertz CT molecular complexity index is 1050. The normalized spacial score (nSPS) is 12.3. The number of aryl methyl sites for hydroxylation is 1. The van der Waals surface area contributed by atoms with Crippen LogP contribution in [0, 0.1) is 6.92 Å². The molecule has 1 N–H and O–H groups in total. The quantitative estimate of drug-likeness (QED) is 0.485. The van der Waals surface area contributed by atoms with Gasteiger partial charge in [-0.25, -0.2) is 9.97 Å². The SMILES string of the molecule is C=C/C(=C\C=C(/C)Cn1nccn1)Nc1nc(-c2ccc(Cl)s2)nc(C)c1CC. The zero-order valence-corrected chi connectivity index (χ0v) is 18.3. The molecule has 150 valence electrons. The van der Waals surface area contributed by atoms with Crippen molar-refractivity contribution in [3.05, 3.63) is 76.2 Å². The zero-order chi connectivity index (χ0) is 20.8. The number of anilines is 1. The minimum atomic E-state index is 0.629. The van der Waals surface area contributed by atoms with Crippen LogP contribution >= 0.6 is 22.9 Å². The molecule has 8 heteroatoms. The Morgan fingerprint density at radius 3 is 2.62 bits per heavy atom. The van der Waals surface area contributed by atoms with Gasteiger partial charge in [-0.1, -0.05) is 36.8 Å². The maximum absolute atomic E-state index is 6.08. The van der Waals surface area contributed by atoms with Crippen LogP contribution in [-0.2, 0) is 13.0 Å². The minimum absolute atomic E-state index is 0.629. The average Bonchev–Trinajstić information content (AvgIpc) is 3.36. The molecule has 0 amide bonds. The third-order valence-electron chi connectivity index (χ3n) is 4.25. The number of hydrogen-bond donors (Lipinski definition) is 1. The number of aromatic nitrogens is 5. The van der Waals surface area contributed by atoms with E-state index in [1.807, 2.05) is 38.1 Å². The second-order valence-electron chi connectivity index (χ2n) is 6.44. The number of rotatable bonds is 8. The number of halogens is 1. The van der Waals surface area contributed by atoms with Crippen LogP contribution in [0.25, 0.3) is 10.7 Å². The Morgan fingerprint density at radius 1 is 1.24 bits per heavy atom. The standard InChI is InChI=1S/C21H23ClN6S/c1-5-16(8-7-14(3)13-28-23-11-12-24-28)26-20-17(6-2)15(4)25-21(27-20)18-9-10-19(22)29-18/h5,7-12H,1,6,13H2,2-4H3,(H,25,26,27)/b14-7+,16-8+. The largest absolute Gasteiger partial charge is 0.340 e. The van der Waals surface area contributed by atoms with Crippen molar-refractivity contribution in [3.8, 4) is 10.7 Å². The number of thiophene rings is 1. The first-order chi connectivity index (χ1) is 14.0. The summed E-state index contributed by atoms with van der Waals surface area (Å²) in [6.07, 6.45) is 9.93. The van der Waals surface area contributed by atoms with Crippen molar-refractivity contribution in [1.29, 1.82) is 0 Å². The van der Waals surface area contributed by atoms with Crippen LogP contribution in [0.15, 0.2) is 60.6 Å². The van der Waals surface area contributed by atoms with Crippen LogP contribution in [0.3, 0.4) is 0 Å². The Balaban J connectivity index is 1.87. The van der Waals surface area contributed by atoms with Gasteiger partial charge in [-0.3, -0.25) is 0 Å². The molecule has 0 saturated heterocycles. The predicted octanol–water partition coefficient (Wildman–Crippen LogP) is 5.45. The van der Waals surface area contributed by atoms with E-state index in [9.17, 15) is 0 Å². The van der Waals surface area contributed by atoms with Crippen LogP contribution in [0.2, 0.25) is 4.34 Å². The van der Waals surface area contributed by atoms with Gasteiger partial charge in [-0.05, 0) is 44.6 Å². The topological polar surface area (TPSA) is 68.5 Å². The lowest BCUT2D eigenvalue weighted by Crippen LogP contribution is -2.07. The van der Waals surface area contributed by atoms with Crippen molar-refractivity contribution in [2.75, 3.05) is 5.32 Å². The molecule has 0 aromatic carbocycles. The van der Waals surface area contributed by atoms with E-state index in [2.05, 4.69) is 34.0 Å². The Kier molecular flexibility index (Phi) is 6.95. The van der Waals surface area contributed by atoms with E-state index in [0.717, 1.165) is 39.6 Å². The molecule has 0 unspecified atom stereocenters. The van der Waals surface area contributed by atoms with Gasteiger partial charge >= 0.3 is 0 Å². The molecule has 3 rings (SSSR count). The van der Waals surface area contributed by atoms with Gasteiger partial charge in [0, 0.05) is 17.0 Å². The lowest BCUT2D eigenvalue weighted by molar-refractivity contribution is 0.584. The fourth-order valence-electron chi connectivity index (χ4n) is 2.80. The average molecular weight is 427 g/mol. The van der Waals surface area contributed by atoms with Crippen molar-refractivity contribution in [2.45, 2.75) is 33.7 Å². The molecule has 0 atom stereocenters. The van der Waals surface area contributed by atoms with Gasteiger partial charge in [0.05, 0.1) is 28.2 Å². The Labute approximate surface area is 179 Å². The first-order valence-corrected chi connectivity index (χ1v) is 10.4. The summed E-state index contributed by atoms with van der Waals surface area (Å²) in [5.41, 5.74) is 3.99. The molecule has 3 aromatic rings. The van der Waals surface area contributed by atoms with Gasteiger partial charge in [0.1, 0.15) is 5.82 Å². The van der Waals surface area contributed by atoms with E-state index in [4.69, 9.17) is 16.6 Å². The Hall–Kier alpha value is -2.77. The van der Waals surface area contributed by atoms with Crippen molar-refractivity contribution < 1.29 is 0 Å². The number of hydrogen-bond acceptors (Lipinski definition) is 6. The van der Waals surface area contributed by atoms with Gasteiger partial charge < -0.3 is 5.32 Å². The Morgan fingerprint density at radius 2 is 2.00 bits per heavy atom. The van der Waals surface area contributed by atoms with E-state index < -0.39 is 0 Å². The molecule has 0 bridgehead atoms. The molecule has 0 spiro atoms. The minimum Gasteiger partial charge on any atom is -0.340 e. The predicted molar refractivity (Wildman–Crippen MR) is 120 cm³/mol. The van der Waals surface area contributed by atoms with Gasteiger partial charge in [0.2, 0.25) is 0 Å². The molecule has 29 heavy (non-hydrogen) atoms. The molecule has 6 nitrogen and oxygen atoms in total. The fraction of sp³-hybridized carbons (Fsp3) is 0.238. The molecule has 0 aliphatic carbocycles. The summed E-state index contributed by atoms with van der Waals surface area (Å²) in [5.74, 6) is 1.45. The van der Waals surface area contributed by atoms with Crippen molar-refractivity contribution >= 4 is 28.8 Å². The number of allylic oxidation sites excluding steroid dienone is 4. The smallest absolute Gasteiger partial charge is 0.171 e. The molecule has 0 aliphatic heterocycles. The first-order valence-electron chi connectivity index (χ1n) is 9.24. The molecule has 0 saturated carbocycles. The van der Waals surface area contributed by atoms with Crippen molar-refractivity contribution in [1.82, 2.24) is 25.0 Å². The summed E-state index contributed by atoms with van der Waals surface area (Å²) >= 11 is 7.55. The van der Waals surface area contributed by atoms with E-state index in [0.29, 0.717) is 16.7 Å². The highest BCUT2D eigenvalue weighted by Gasteiger charge is 2.13. The molecule has 3 aromatic heterocycles. The van der Waals surface area contributed by atoms with Gasteiger partial charge in [0.25, 0.3) is 0 Å². The first kappa shape index (κ1) is 21.0. The highest BCUT2D eigenvalue weighted by atomic mass is 35.5. The summed E-state index contributed by atoms with van der Waals surface area (Å²) in [7, 11) is 0. The maximum atomic E-state index is 6.08. The summed E-state index contributed by atoms with van der Waals surface area (Å²) < 4.78 is 0.717. The second-order valence-corrected chi connectivity index (χ2v) is 8.16. The summed E-state index contributed by atoms with van der Waals surface area (Å²) in [5, 5.41) is 11.7. The van der Waals surface area contributed by atoms with Crippen molar-refractivity contribution in [3.63, 3.8) is 0 Å². The van der Waals surface area contributed by atoms with Crippen LogP contribution in [0.5, 0.6) is 0 Å². The maximum Gasteiger partial charge on any atom is 0.171 e. The zero-order valence-electron chi connectivity index (χ0n) is 16.7. The summed E-state index contributed by atoms with van der Waals surface area (Å²) in [6, 6.07) is 3.80.